The molecule has 17 heavy (non-hydrogen) atoms. The van der Waals surface area contributed by atoms with Gasteiger partial charge in [0.05, 0.1) is 18.6 Å². The van der Waals surface area contributed by atoms with Crippen molar-refractivity contribution in [1.29, 1.82) is 5.26 Å². The zero-order valence-corrected chi connectivity index (χ0v) is 10.0. The van der Waals surface area contributed by atoms with Crippen LogP contribution < -0.4 is 4.74 Å². The normalized spacial score (nSPS) is 18.4. The fourth-order valence-corrected chi connectivity index (χ4v) is 2.69. The van der Waals surface area contributed by atoms with Gasteiger partial charge >= 0.3 is 0 Å². The lowest BCUT2D eigenvalue weighted by atomic mass is 9.70. The zero-order chi connectivity index (χ0) is 12.3. The van der Waals surface area contributed by atoms with Gasteiger partial charge in [-0.2, -0.15) is 5.26 Å². The maximum atomic E-state index is 13.7. The smallest absolute Gasteiger partial charge is 0.165 e. The monoisotopic (exact) mass is 233 g/mol. The van der Waals surface area contributed by atoms with Crippen molar-refractivity contribution in [3.05, 3.63) is 29.6 Å². The second-order valence-electron chi connectivity index (χ2n) is 4.58. The first-order chi connectivity index (χ1) is 8.23. The molecule has 1 fully saturated rings. The van der Waals surface area contributed by atoms with Crippen LogP contribution in [0.2, 0.25) is 0 Å². The maximum absolute atomic E-state index is 13.7. The van der Waals surface area contributed by atoms with Crippen LogP contribution in [0.4, 0.5) is 4.39 Å². The van der Waals surface area contributed by atoms with Gasteiger partial charge in [-0.15, -0.1) is 0 Å². The van der Waals surface area contributed by atoms with Gasteiger partial charge < -0.3 is 4.74 Å². The molecule has 0 atom stereocenters. The first-order valence-electron chi connectivity index (χ1n) is 5.98. The van der Waals surface area contributed by atoms with Crippen LogP contribution in [0.25, 0.3) is 0 Å². The van der Waals surface area contributed by atoms with Crippen molar-refractivity contribution in [3.63, 3.8) is 0 Å². The van der Waals surface area contributed by atoms with Crippen LogP contribution in [0.5, 0.6) is 5.75 Å². The summed E-state index contributed by atoms with van der Waals surface area (Å²) in [4.78, 5) is 0. The Morgan fingerprint density at radius 2 is 2.00 bits per heavy atom. The first-order valence-corrected chi connectivity index (χ1v) is 5.98. The number of nitriles is 1. The molecule has 90 valence electrons. The van der Waals surface area contributed by atoms with Crippen molar-refractivity contribution in [2.75, 3.05) is 7.11 Å². The van der Waals surface area contributed by atoms with Crippen LogP contribution in [0, 0.1) is 17.1 Å². The summed E-state index contributed by atoms with van der Waals surface area (Å²) in [6.45, 7) is 0. The SMILES string of the molecule is COc1c(F)cccc1C1(C#N)CCCCC1. The molecule has 1 aliphatic carbocycles. The van der Waals surface area contributed by atoms with E-state index in [1.807, 2.05) is 6.07 Å². The highest BCUT2D eigenvalue weighted by molar-refractivity contribution is 5.45. The molecule has 0 bridgehead atoms. The molecular weight excluding hydrogens is 217 g/mol. The van der Waals surface area contributed by atoms with Crippen molar-refractivity contribution in [2.45, 2.75) is 37.5 Å². The zero-order valence-electron chi connectivity index (χ0n) is 10.0. The average Bonchev–Trinajstić information content (AvgIpc) is 2.39. The second kappa shape index (κ2) is 4.75. The third-order valence-corrected chi connectivity index (χ3v) is 3.61. The minimum Gasteiger partial charge on any atom is -0.493 e. The minimum absolute atomic E-state index is 0.232. The lowest BCUT2D eigenvalue weighted by Gasteiger charge is -2.32. The number of nitrogens with zero attached hydrogens (tertiary/aromatic N) is 1. The number of ether oxygens (including phenoxy) is 1. The Balaban J connectivity index is 2.51. The average molecular weight is 233 g/mol. The summed E-state index contributed by atoms with van der Waals surface area (Å²) < 4.78 is 18.8. The molecule has 1 saturated carbocycles. The van der Waals surface area contributed by atoms with Gasteiger partial charge in [-0.05, 0) is 18.9 Å². The van der Waals surface area contributed by atoms with E-state index in [0.29, 0.717) is 5.56 Å². The molecule has 0 aromatic heterocycles. The summed E-state index contributed by atoms with van der Waals surface area (Å²) in [5, 5.41) is 9.48. The van der Waals surface area contributed by atoms with E-state index in [2.05, 4.69) is 6.07 Å². The van der Waals surface area contributed by atoms with Crippen molar-refractivity contribution >= 4 is 0 Å². The molecule has 1 aliphatic rings. The molecule has 0 radical (unpaired) electrons. The third-order valence-electron chi connectivity index (χ3n) is 3.61. The van der Waals surface area contributed by atoms with Gasteiger partial charge in [-0.1, -0.05) is 31.4 Å². The minimum atomic E-state index is -0.564. The molecule has 0 spiro atoms. The summed E-state index contributed by atoms with van der Waals surface area (Å²) in [5.74, 6) is -0.152. The number of rotatable bonds is 2. The molecule has 2 rings (SSSR count). The van der Waals surface area contributed by atoms with Crippen LogP contribution in [0.3, 0.4) is 0 Å². The van der Waals surface area contributed by atoms with Crippen LogP contribution in [0.1, 0.15) is 37.7 Å². The summed E-state index contributed by atoms with van der Waals surface area (Å²) in [6.07, 6.45) is 4.79. The van der Waals surface area contributed by atoms with Crippen LogP contribution in [-0.2, 0) is 5.41 Å². The van der Waals surface area contributed by atoms with Crippen molar-refractivity contribution < 1.29 is 9.13 Å². The number of methoxy groups -OCH3 is 1. The number of hydrogen-bond donors (Lipinski definition) is 0. The molecule has 0 amide bonds. The Morgan fingerprint density at radius 3 is 2.59 bits per heavy atom. The van der Waals surface area contributed by atoms with E-state index in [4.69, 9.17) is 4.74 Å². The van der Waals surface area contributed by atoms with Crippen LogP contribution in [0.15, 0.2) is 18.2 Å². The Bertz CT molecular complexity index is 444. The number of benzene rings is 1. The Kier molecular flexibility index (Phi) is 3.33. The van der Waals surface area contributed by atoms with Gasteiger partial charge in [0.2, 0.25) is 0 Å². The van der Waals surface area contributed by atoms with Gasteiger partial charge in [0.25, 0.3) is 0 Å². The van der Waals surface area contributed by atoms with Crippen molar-refractivity contribution in [2.24, 2.45) is 0 Å². The molecule has 3 heteroatoms. The highest BCUT2D eigenvalue weighted by atomic mass is 19.1. The van der Waals surface area contributed by atoms with E-state index in [0.717, 1.165) is 32.1 Å². The van der Waals surface area contributed by atoms with Crippen LogP contribution >= 0.6 is 0 Å². The molecule has 0 saturated heterocycles. The summed E-state index contributed by atoms with van der Waals surface area (Å²) in [6, 6.07) is 7.23. The summed E-state index contributed by atoms with van der Waals surface area (Å²) in [5.41, 5.74) is 0.147. The van der Waals surface area contributed by atoms with Gasteiger partial charge in [0.15, 0.2) is 11.6 Å². The standard InChI is InChI=1S/C14H16FNO/c1-17-13-11(6-5-7-12(13)15)14(10-16)8-3-2-4-9-14/h5-7H,2-4,8-9H2,1H3. The molecule has 1 aromatic carbocycles. The largest absolute Gasteiger partial charge is 0.493 e. The molecular formula is C14H16FNO. The van der Waals surface area contributed by atoms with Crippen molar-refractivity contribution in [3.8, 4) is 11.8 Å². The van der Waals surface area contributed by atoms with E-state index < -0.39 is 5.41 Å². The quantitative estimate of drug-likeness (QED) is 0.782. The second-order valence-corrected chi connectivity index (χ2v) is 4.58. The number of hydrogen-bond acceptors (Lipinski definition) is 2. The highest BCUT2D eigenvalue weighted by Gasteiger charge is 2.37. The van der Waals surface area contributed by atoms with Gasteiger partial charge in [0, 0.05) is 5.56 Å². The fraction of sp³-hybridized carbons (Fsp3) is 0.500. The van der Waals surface area contributed by atoms with E-state index in [1.54, 1.807) is 6.07 Å². The number of halogens is 1. The molecule has 1 aromatic rings. The number of para-hydroxylation sites is 1. The third kappa shape index (κ3) is 2.00. The topological polar surface area (TPSA) is 33.0 Å². The lowest BCUT2D eigenvalue weighted by molar-refractivity contribution is 0.331. The molecule has 0 heterocycles. The molecule has 2 nitrogen and oxygen atoms in total. The molecule has 0 aliphatic heterocycles. The first kappa shape index (κ1) is 11.9. The van der Waals surface area contributed by atoms with Gasteiger partial charge in [-0.3, -0.25) is 0 Å². The molecule has 0 N–H and O–H groups in total. The van der Waals surface area contributed by atoms with E-state index in [-0.39, 0.29) is 11.6 Å². The molecule has 0 unspecified atom stereocenters. The summed E-state index contributed by atoms with van der Waals surface area (Å²) in [7, 11) is 1.45. The lowest BCUT2D eigenvalue weighted by Crippen LogP contribution is -2.27. The summed E-state index contributed by atoms with van der Waals surface area (Å²) >= 11 is 0. The van der Waals surface area contributed by atoms with Crippen LogP contribution in [-0.4, -0.2) is 7.11 Å². The van der Waals surface area contributed by atoms with Gasteiger partial charge in [0.1, 0.15) is 0 Å². The maximum Gasteiger partial charge on any atom is 0.165 e. The highest BCUT2D eigenvalue weighted by Crippen LogP contribution is 2.43. The Labute approximate surface area is 101 Å². The van der Waals surface area contributed by atoms with Gasteiger partial charge in [-0.25, -0.2) is 4.39 Å². The predicted molar refractivity (Wildman–Crippen MR) is 63.3 cm³/mol. The van der Waals surface area contributed by atoms with Crippen molar-refractivity contribution in [1.82, 2.24) is 0 Å². The van der Waals surface area contributed by atoms with E-state index in [1.165, 1.54) is 13.2 Å². The fourth-order valence-electron chi connectivity index (χ4n) is 2.69. The Hall–Kier alpha value is -1.56. The predicted octanol–water partition coefficient (Wildman–Crippen LogP) is 3.56. The Morgan fingerprint density at radius 1 is 1.29 bits per heavy atom. The van der Waals surface area contributed by atoms with E-state index >= 15 is 0 Å². The van der Waals surface area contributed by atoms with E-state index in [9.17, 15) is 9.65 Å².